The molecule has 3 aromatic rings. The van der Waals surface area contributed by atoms with Gasteiger partial charge in [-0.2, -0.15) is 11.8 Å². The highest BCUT2D eigenvalue weighted by Crippen LogP contribution is 2.31. The Morgan fingerprint density at radius 3 is 2.95 bits per heavy atom. The SMILES string of the molecule is c1ccc2c(c1)CSCC2NCCc1c[nH]c2ccccc12. The molecule has 2 aromatic carbocycles. The highest BCUT2D eigenvalue weighted by molar-refractivity contribution is 7.98. The fraction of sp³-hybridized carbons (Fsp3) is 0.263. The van der Waals surface area contributed by atoms with E-state index in [1.165, 1.54) is 33.3 Å². The Labute approximate surface area is 135 Å². The first-order valence-electron chi connectivity index (χ1n) is 7.86. The number of hydrogen-bond acceptors (Lipinski definition) is 2. The molecule has 2 N–H and O–H groups in total. The van der Waals surface area contributed by atoms with E-state index in [4.69, 9.17) is 0 Å². The summed E-state index contributed by atoms with van der Waals surface area (Å²) in [4.78, 5) is 3.36. The van der Waals surface area contributed by atoms with Gasteiger partial charge in [0.2, 0.25) is 0 Å². The molecule has 0 saturated heterocycles. The Bertz CT molecular complexity index is 778. The van der Waals surface area contributed by atoms with Crippen LogP contribution in [-0.4, -0.2) is 17.3 Å². The third-order valence-corrected chi connectivity index (χ3v) is 5.52. The van der Waals surface area contributed by atoms with Crippen molar-refractivity contribution in [1.29, 1.82) is 0 Å². The van der Waals surface area contributed by atoms with E-state index in [0.717, 1.165) is 18.7 Å². The third kappa shape index (κ3) is 2.67. The van der Waals surface area contributed by atoms with Gasteiger partial charge >= 0.3 is 0 Å². The van der Waals surface area contributed by atoms with Gasteiger partial charge in [0, 0.05) is 34.6 Å². The molecule has 1 atom stereocenters. The van der Waals surface area contributed by atoms with Gasteiger partial charge in [-0.3, -0.25) is 0 Å². The van der Waals surface area contributed by atoms with Crippen molar-refractivity contribution < 1.29 is 0 Å². The van der Waals surface area contributed by atoms with Gasteiger partial charge < -0.3 is 10.3 Å². The number of H-pyrrole nitrogens is 1. The zero-order valence-corrected chi connectivity index (χ0v) is 13.3. The van der Waals surface area contributed by atoms with Gasteiger partial charge in [-0.25, -0.2) is 0 Å². The normalized spacial score (nSPS) is 17.5. The second kappa shape index (κ2) is 6.19. The first kappa shape index (κ1) is 13.9. The predicted molar refractivity (Wildman–Crippen MR) is 95.4 cm³/mol. The molecule has 0 radical (unpaired) electrons. The lowest BCUT2D eigenvalue weighted by atomic mass is 10.0. The van der Waals surface area contributed by atoms with E-state index >= 15 is 0 Å². The summed E-state index contributed by atoms with van der Waals surface area (Å²) in [5, 5.41) is 5.10. The van der Waals surface area contributed by atoms with Crippen LogP contribution in [0.5, 0.6) is 0 Å². The van der Waals surface area contributed by atoms with Gasteiger partial charge in [0.05, 0.1) is 0 Å². The second-order valence-electron chi connectivity index (χ2n) is 5.83. The highest BCUT2D eigenvalue weighted by atomic mass is 32.2. The topological polar surface area (TPSA) is 27.8 Å². The van der Waals surface area contributed by atoms with Crippen molar-refractivity contribution in [2.45, 2.75) is 18.2 Å². The molecular weight excluding hydrogens is 288 g/mol. The molecule has 1 aromatic heterocycles. The Morgan fingerprint density at radius 1 is 1.09 bits per heavy atom. The van der Waals surface area contributed by atoms with E-state index in [1.54, 1.807) is 0 Å². The largest absolute Gasteiger partial charge is 0.361 e. The van der Waals surface area contributed by atoms with E-state index in [1.807, 2.05) is 11.8 Å². The van der Waals surface area contributed by atoms with Gasteiger partial charge in [0.25, 0.3) is 0 Å². The monoisotopic (exact) mass is 308 g/mol. The number of para-hydroxylation sites is 1. The molecule has 0 saturated carbocycles. The van der Waals surface area contributed by atoms with E-state index in [2.05, 4.69) is 65.0 Å². The van der Waals surface area contributed by atoms with Crippen molar-refractivity contribution in [2.75, 3.05) is 12.3 Å². The zero-order chi connectivity index (χ0) is 14.8. The number of thioether (sulfide) groups is 1. The third-order valence-electron chi connectivity index (χ3n) is 4.43. The minimum Gasteiger partial charge on any atom is -0.361 e. The molecule has 0 aliphatic carbocycles. The van der Waals surface area contributed by atoms with Crippen LogP contribution in [-0.2, 0) is 12.2 Å². The smallest absolute Gasteiger partial charge is 0.0456 e. The van der Waals surface area contributed by atoms with Crippen molar-refractivity contribution in [2.24, 2.45) is 0 Å². The van der Waals surface area contributed by atoms with Gasteiger partial charge in [0.1, 0.15) is 0 Å². The lowest BCUT2D eigenvalue weighted by Crippen LogP contribution is -2.28. The maximum absolute atomic E-state index is 3.75. The Hall–Kier alpha value is -1.71. The molecule has 0 spiro atoms. The van der Waals surface area contributed by atoms with E-state index in [-0.39, 0.29) is 0 Å². The average molecular weight is 308 g/mol. The van der Waals surface area contributed by atoms with Gasteiger partial charge in [-0.1, -0.05) is 42.5 Å². The second-order valence-corrected chi connectivity index (χ2v) is 6.86. The summed E-state index contributed by atoms with van der Waals surface area (Å²) in [6.07, 6.45) is 3.21. The molecule has 3 heteroatoms. The molecular formula is C19H20N2S. The van der Waals surface area contributed by atoms with E-state index < -0.39 is 0 Å². The standard InChI is InChI=1S/C19H20N2S/c1-2-7-17-15(5-1)12-22-13-19(17)20-10-9-14-11-21-18-8-4-3-6-16(14)18/h1-8,11,19-21H,9-10,12-13H2. The number of hydrogen-bond donors (Lipinski definition) is 2. The van der Waals surface area contributed by atoms with Crippen LogP contribution in [0, 0.1) is 0 Å². The maximum Gasteiger partial charge on any atom is 0.0456 e. The fourth-order valence-corrected chi connectivity index (χ4v) is 4.40. The molecule has 1 unspecified atom stereocenters. The number of aromatic amines is 1. The minimum atomic E-state index is 0.486. The molecule has 0 amide bonds. The van der Waals surface area contributed by atoms with Gasteiger partial charge in [-0.05, 0) is 35.7 Å². The molecule has 0 bridgehead atoms. The summed E-state index contributed by atoms with van der Waals surface area (Å²) in [5.41, 5.74) is 5.61. The molecule has 112 valence electrons. The van der Waals surface area contributed by atoms with Crippen LogP contribution in [0.2, 0.25) is 0 Å². The Morgan fingerprint density at radius 2 is 1.95 bits per heavy atom. The quantitative estimate of drug-likeness (QED) is 0.752. The van der Waals surface area contributed by atoms with Crippen molar-refractivity contribution in [3.63, 3.8) is 0 Å². The summed E-state index contributed by atoms with van der Waals surface area (Å²) < 4.78 is 0. The van der Waals surface area contributed by atoms with Gasteiger partial charge in [-0.15, -0.1) is 0 Å². The molecule has 1 aliphatic rings. The maximum atomic E-state index is 3.75. The predicted octanol–water partition coefficient (Wildman–Crippen LogP) is 4.29. The first-order valence-corrected chi connectivity index (χ1v) is 9.01. The summed E-state index contributed by atoms with van der Waals surface area (Å²) in [5.74, 6) is 2.32. The van der Waals surface area contributed by atoms with Crippen LogP contribution in [0.4, 0.5) is 0 Å². The molecule has 1 aliphatic heterocycles. The Balaban J connectivity index is 1.44. The van der Waals surface area contributed by atoms with Crippen molar-refractivity contribution >= 4 is 22.7 Å². The number of fused-ring (bicyclic) bond motifs is 2. The number of nitrogens with one attached hydrogen (secondary N) is 2. The van der Waals surface area contributed by atoms with Crippen LogP contribution in [0.1, 0.15) is 22.7 Å². The van der Waals surface area contributed by atoms with Crippen molar-refractivity contribution in [3.05, 3.63) is 71.4 Å². The summed E-state index contributed by atoms with van der Waals surface area (Å²) in [6.45, 7) is 1.02. The lowest BCUT2D eigenvalue weighted by Gasteiger charge is -2.26. The number of rotatable bonds is 4. The molecule has 2 nitrogen and oxygen atoms in total. The minimum absolute atomic E-state index is 0.486. The highest BCUT2D eigenvalue weighted by Gasteiger charge is 2.19. The molecule has 4 rings (SSSR count). The van der Waals surface area contributed by atoms with Crippen LogP contribution in [0.15, 0.2) is 54.7 Å². The number of benzene rings is 2. The van der Waals surface area contributed by atoms with E-state index in [0.29, 0.717) is 6.04 Å². The van der Waals surface area contributed by atoms with Gasteiger partial charge in [0.15, 0.2) is 0 Å². The van der Waals surface area contributed by atoms with Crippen LogP contribution in [0.25, 0.3) is 10.9 Å². The molecule has 22 heavy (non-hydrogen) atoms. The summed E-state index contributed by atoms with van der Waals surface area (Å²) in [7, 11) is 0. The first-order chi connectivity index (χ1) is 10.9. The van der Waals surface area contributed by atoms with Crippen LogP contribution >= 0.6 is 11.8 Å². The van der Waals surface area contributed by atoms with Crippen LogP contribution in [0.3, 0.4) is 0 Å². The lowest BCUT2D eigenvalue weighted by molar-refractivity contribution is 0.578. The van der Waals surface area contributed by atoms with Crippen molar-refractivity contribution in [1.82, 2.24) is 10.3 Å². The van der Waals surface area contributed by atoms with Crippen LogP contribution < -0.4 is 5.32 Å². The molecule has 2 heterocycles. The van der Waals surface area contributed by atoms with Crippen molar-refractivity contribution in [3.8, 4) is 0 Å². The molecule has 0 fully saturated rings. The Kier molecular flexibility index (Phi) is 3.92. The average Bonchev–Trinajstić information content (AvgIpc) is 2.99. The van der Waals surface area contributed by atoms with E-state index in [9.17, 15) is 0 Å². The fourth-order valence-electron chi connectivity index (χ4n) is 3.27. The zero-order valence-electron chi connectivity index (χ0n) is 12.5. The summed E-state index contributed by atoms with van der Waals surface area (Å²) in [6, 6.07) is 17.9. The number of aromatic nitrogens is 1. The summed E-state index contributed by atoms with van der Waals surface area (Å²) >= 11 is 2.03.